The smallest absolute Gasteiger partial charge is 0.206 e. The number of rotatable bonds is 1. The van der Waals surface area contributed by atoms with E-state index in [2.05, 4.69) is 20.9 Å². The molecule has 102 valence electrons. The normalized spacial score (nSPS) is 11.2. The second-order valence-electron chi connectivity index (χ2n) is 4.13. The minimum absolute atomic E-state index is 0.124. The average molecular weight is 342 g/mol. The van der Waals surface area contributed by atoms with Crippen LogP contribution in [-0.4, -0.2) is 9.55 Å². The maximum Gasteiger partial charge on any atom is 0.206 e. The number of benzene rings is 2. The molecule has 2 N–H and O–H groups in total. The van der Waals surface area contributed by atoms with E-state index in [0.29, 0.717) is 5.52 Å². The van der Waals surface area contributed by atoms with Crippen molar-refractivity contribution in [2.45, 2.75) is 0 Å². The third kappa shape index (κ3) is 1.85. The number of fused-ring (bicyclic) bond motifs is 1. The Balaban J connectivity index is 2.42. The summed E-state index contributed by atoms with van der Waals surface area (Å²) in [4.78, 5) is 3.98. The number of anilines is 1. The van der Waals surface area contributed by atoms with E-state index in [9.17, 15) is 13.2 Å². The number of hydrogen-bond acceptors (Lipinski definition) is 2. The molecular formula is C13H7BrF3N3. The number of halogens is 4. The third-order valence-corrected chi connectivity index (χ3v) is 3.49. The van der Waals surface area contributed by atoms with Crippen molar-refractivity contribution in [3.05, 3.63) is 52.3 Å². The van der Waals surface area contributed by atoms with Gasteiger partial charge in [-0.3, -0.25) is 4.57 Å². The van der Waals surface area contributed by atoms with E-state index in [-0.39, 0.29) is 21.6 Å². The topological polar surface area (TPSA) is 43.8 Å². The van der Waals surface area contributed by atoms with Crippen LogP contribution in [0.5, 0.6) is 0 Å². The van der Waals surface area contributed by atoms with Gasteiger partial charge in [0.1, 0.15) is 23.1 Å². The van der Waals surface area contributed by atoms with Gasteiger partial charge in [0.05, 0.1) is 15.5 Å². The Hall–Kier alpha value is -2.02. The lowest BCUT2D eigenvalue weighted by molar-refractivity contribution is 0.571. The van der Waals surface area contributed by atoms with Gasteiger partial charge in [-0.1, -0.05) is 6.07 Å². The van der Waals surface area contributed by atoms with Gasteiger partial charge in [-0.05, 0) is 34.1 Å². The fourth-order valence-electron chi connectivity index (χ4n) is 2.03. The Morgan fingerprint density at radius 2 is 1.70 bits per heavy atom. The molecule has 0 radical (unpaired) electrons. The van der Waals surface area contributed by atoms with Gasteiger partial charge in [0.25, 0.3) is 0 Å². The van der Waals surface area contributed by atoms with E-state index in [1.807, 2.05) is 0 Å². The molecule has 0 amide bonds. The molecule has 3 aromatic rings. The second-order valence-corrected chi connectivity index (χ2v) is 4.99. The van der Waals surface area contributed by atoms with E-state index in [1.54, 1.807) is 0 Å². The van der Waals surface area contributed by atoms with Crippen molar-refractivity contribution in [3.8, 4) is 5.69 Å². The number of imidazole rings is 1. The molecule has 0 atom stereocenters. The number of nitrogens with two attached hydrogens (primary N) is 1. The predicted octanol–water partition coefficient (Wildman–Crippen LogP) is 3.79. The molecule has 0 fully saturated rings. The Morgan fingerprint density at radius 3 is 2.35 bits per heavy atom. The molecule has 0 unspecified atom stereocenters. The van der Waals surface area contributed by atoms with Crippen molar-refractivity contribution in [2.75, 3.05) is 5.73 Å². The van der Waals surface area contributed by atoms with Gasteiger partial charge < -0.3 is 5.73 Å². The molecule has 0 aliphatic carbocycles. The Kier molecular flexibility index (Phi) is 2.93. The number of aromatic nitrogens is 2. The first-order valence-corrected chi connectivity index (χ1v) is 6.35. The molecule has 2 aromatic carbocycles. The van der Waals surface area contributed by atoms with Crippen LogP contribution in [0.25, 0.3) is 16.7 Å². The summed E-state index contributed by atoms with van der Waals surface area (Å²) in [6.07, 6.45) is 0. The van der Waals surface area contributed by atoms with Crippen LogP contribution in [0.3, 0.4) is 0 Å². The highest BCUT2D eigenvalue weighted by atomic mass is 79.9. The summed E-state index contributed by atoms with van der Waals surface area (Å²) in [6.45, 7) is 0. The van der Waals surface area contributed by atoms with Gasteiger partial charge in [0.15, 0.2) is 0 Å². The first-order valence-electron chi connectivity index (χ1n) is 5.56. The molecule has 1 aromatic heterocycles. The summed E-state index contributed by atoms with van der Waals surface area (Å²) in [5, 5.41) is 0. The quantitative estimate of drug-likeness (QED) is 0.731. The first kappa shape index (κ1) is 13.0. The number of hydrogen-bond donors (Lipinski definition) is 1. The van der Waals surface area contributed by atoms with Crippen LogP contribution in [0, 0.1) is 17.5 Å². The van der Waals surface area contributed by atoms with Crippen molar-refractivity contribution in [3.63, 3.8) is 0 Å². The second kappa shape index (κ2) is 4.52. The van der Waals surface area contributed by atoms with Crippen molar-refractivity contribution in [2.24, 2.45) is 0 Å². The number of nitrogens with zero attached hydrogens (tertiary/aromatic N) is 2. The summed E-state index contributed by atoms with van der Waals surface area (Å²) < 4.78 is 42.6. The fraction of sp³-hybridized carbons (Fsp3) is 0. The zero-order chi connectivity index (χ0) is 14.4. The van der Waals surface area contributed by atoms with E-state index >= 15 is 0 Å². The van der Waals surface area contributed by atoms with Gasteiger partial charge in [-0.2, -0.15) is 0 Å². The summed E-state index contributed by atoms with van der Waals surface area (Å²) >= 11 is 3.02. The fourth-order valence-corrected chi connectivity index (χ4v) is 2.36. The van der Waals surface area contributed by atoms with Crippen molar-refractivity contribution in [1.82, 2.24) is 9.55 Å². The molecule has 7 heteroatoms. The molecule has 0 bridgehead atoms. The van der Waals surface area contributed by atoms with Gasteiger partial charge in [-0.15, -0.1) is 0 Å². The summed E-state index contributed by atoms with van der Waals surface area (Å²) in [6, 6.07) is 5.95. The van der Waals surface area contributed by atoms with E-state index in [1.165, 1.54) is 12.1 Å². The highest BCUT2D eigenvalue weighted by molar-refractivity contribution is 9.10. The molecule has 0 saturated carbocycles. The Morgan fingerprint density at radius 1 is 1.05 bits per heavy atom. The molecule has 0 spiro atoms. The van der Waals surface area contributed by atoms with Crippen LogP contribution < -0.4 is 5.73 Å². The zero-order valence-electron chi connectivity index (χ0n) is 9.87. The largest absolute Gasteiger partial charge is 0.369 e. The highest BCUT2D eigenvalue weighted by Gasteiger charge is 2.18. The minimum atomic E-state index is -0.806. The van der Waals surface area contributed by atoms with Crippen LogP contribution in [0.2, 0.25) is 0 Å². The van der Waals surface area contributed by atoms with Crippen LogP contribution in [0.1, 0.15) is 0 Å². The summed E-state index contributed by atoms with van der Waals surface area (Å²) in [5.74, 6) is -2.31. The predicted molar refractivity (Wildman–Crippen MR) is 73.1 cm³/mol. The van der Waals surface area contributed by atoms with Crippen LogP contribution in [-0.2, 0) is 0 Å². The van der Waals surface area contributed by atoms with Crippen LogP contribution in [0.15, 0.2) is 34.8 Å². The molecule has 1 heterocycles. The maximum atomic E-state index is 13.9. The van der Waals surface area contributed by atoms with E-state index in [0.717, 1.165) is 22.8 Å². The standard InChI is InChI=1S/C13H7BrF3N3/c14-6-4-10-11(5-9(6)17)20(13(18)19-10)12-7(15)2-1-3-8(12)16/h1-5H,(H2,18,19). The van der Waals surface area contributed by atoms with Gasteiger partial charge >= 0.3 is 0 Å². The van der Waals surface area contributed by atoms with Gasteiger partial charge in [0, 0.05) is 6.07 Å². The van der Waals surface area contributed by atoms with Gasteiger partial charge in [0.2, 0.25) is 5.95 Å². The first-order chi connectivity index (χ1) is 9.49. The summed E-state index contributed by atoms with van der Waals surface area (Å²) in [5.41, 5.74) is 5.84. The highest BCUT2D eigenvalue weighted by Crippen LogP contribution is 2.29. The molecule has 0 saturated heterocycles. The summed E-state index contributed by atoms with van der Waals surface area (Å²) in [7, 11) is 0. The third-order valence-electron chi connectivity index (χ3n) is 2.88. The molecule has 3 rings (SSSR count). The molecule has 20 heavy (non-hydrogen) atoms. The molecular weight excluding hydrogens is 335 g/mol. The number of nitrogen functional groups attached to an aromatic ring is 1. The van der Waals surface area contributed by atoms with Crippen molar-refractivity contribution < 1.29 is 13.2 Å². The lowest BCUT2D eigenvalue weighted by Gasteiger charge is -2.09. The van der Waals surface area contributed by atoms with Gasteiger partial charge in [-0.25, -0.2) is 18.2 Å². The van der Waals surface area contributed by atoms with Crippen molar-refractivity contribution >= 4 is 32.9 Å². The zero-order valence-corrected chi connectivity index (χ0v) is 11.5. The lowest BCUT2D eigenvalue weighted by atomic mass is 10.2. The van der Waals surface area contributed by atoms with Crippen LogP contribution in [0.4, 0.5) is 19.1 Å². The minimum Gasteiger partial charge on any atom is -0.369 e. The lowest BCUT2D eigenvalue weighted by Crippen LogP contribution is -2.05. The molecule has 0 aliphatic heterocycles. The maximum absolute atomic E-state index is 13.9. The Bertz CT molecular complexity index is 809. The van der Waals surface area contributed by atoms with Crippen molar-refractivity contribution in [1.29, 1.82) is 0 Å². The average Bonchev–Trinajstić information content (AvgIpc) is 2.67. The van der Waals surface area contributed by atoms with E-state index in [4.69, 9.17) is 5.73 Å². The molecule has 0 aliphatic rings. The number of para-hydroxylation sites is 1. The SMILES string of the molecule is Nc1nc2cc(Br)c(F)cc2n1-c1c(F)cccc1F. The molecule has 3 nitrogen and oxygen atoms in total. The van der Waals surface area contributed by atoms with E-state index < -0.39 is 17.5 Å². The monoisotopic (exact) mass is 341 g/mol. The Labute approximate surface area is 120 Å². The van der Waals surface area contributed by atoms with Crippen LogP contribution >= 0.6 is 15.9 Å².